The molecule has 0 saturated heterocycles. The fourth-order valence-corrected chi connectivity index (χ4v) is 7.46. The molecule has 11 heteroatoms. The van der Waals surface area contributed by atoms with Crippen molar-refractivity contribution in [2.45, 2.75) is 95.5 Å². The number of H-pyrrole nitrogens is 1. The van der Waals surface area contributed by atoms with Crippen LogP contribution in [-0.2, 0) is 4.43 Å². The van der Waals surface area contributed by atoms with Gasteiger partial charge in [-0.1, -0.05) is 26.8 Å². The lowest BCUT2D eigenvalue weighted by Crippen LogP contribution is -2.45. The van der Waals surface area contributed by atoms with E-state index in [0.29, 0.717) is 17.2 Å². The second-order valence-corrected chi connectivity index (χ2v) is 18.6. The van der Waals surface area contributed by atoms with Gasteiger partial charge in [0.25, 0.3) is 0 Å². The highest BCUT2D eigenvalue weighted by Gasteiger charge is 2.40. The third kappa shape index (κ3) is 6.17. The number of nitrogens with one attached hydrogen (secondary N) is 1. The van der Waals surface area contributed by atoms with Gasteiger partial charge in [-0.2, -0.15) is 5.26 Å². The van der Waals surface area contributed by atoms with E-state index in [0.717, 1.165) is 65.6 Å². The van der Waals surface area contributed by atoms with Gasteiger partial charge in [0.15, 0.2) is 8.32 Å². The molecule has 0 unspecified atom stereocenters. The summed E-state index contributed by atoms with van der Waals surface area (Å²) in [6.07, 6.45) is 5.98. The Kier molecular flexibility index (Phi) is 7.91. The average Bonchev–Trinajstić information content (AvgIpc) is 3.79. The summed E-state index contributed by atoms with van der Waals surface area (Å²) >= 11 is 0. The molecular weight excluding hydrogens is 584 g/mol. The summed E-state index contributed by atoms with van der Waals surface area (Å²) in [5, 5.41) is 19.7. The molecule has 1 amide bonds. The lowest BCUT2D eigenvalue weighted by molar-refractivity contribution is 0.118. The fraction of sp³-hybridized carbons (Fsp3) is 0.441. The molecule has 45 heavy (non-hydrogen) atoms. The molecule has 0 aliphatic heterocycles. The smallest absolute Gasteiger partial charge is 0.418 e. The molecule has 2 saturated carbocycles. The quantitative estimate of drug-likeness (QED) is 0.200. The maximum Gasteiger partial charge on any atom is 0.418 e. The Morgan fingerprint density at radius 1 is 1.07 bits per heavy atom. The van der Waals surface area contributed by atoms with Crippen molar-refractivity contribution in [1.82, 2.24) is 19.5 Å². The summed E-state index contributed by atoms with van der Waals surface area (Å²) in [6.45, 7) is 11.4. The molecule has 234 valence electrons. The van der Waals surface area contributed by atoms with Crippen LogP contribution in [0.3, 0.4) is 0 Å². The first-order valence-corrected chi connectivity index (χ1v) is 18.6. The van der Waals surface area contributed by atoms with Crippen LogP contribution in [-0.4, -0.2) is 45.1 Å². The third-order valence-corrected chi connectivity index (χ3v) is 14.2. The summed E-state index contributed by atoms with van der Waals surface area (Å²) in [7, 11) is -1.88. The molecule has 2 N–H and O–H groups in total. The Morgan fingerprint density at radius 3 is 2.44 bits per heavy atom. The van der Waals surface area contributed by atoms with E-state index in [9.17, 15) is 20.0 Å². The molecule has 0 bridgehead atoms. The number of hydrogen-bond acceptors (Lipinski definition) is 6. The van der Waals surface area contributed by atoms with Crippen LogP contribution in [0.1, 0.15) is 82.4 Å². The molecule has 1 aromatic carbocycles. The summed E-state index contributed by atoms with van der Waals surface area (Å²) in [4.78, 5) is 38.9. The number of aromatic amines is 1. The summed E-state index contributed by atoms with van der Waals surface area (Å²) < 4.78 is 8.58. The van der Waals surface area contributed by atoms with E-state index >= 15 is 0 Å². The third-order valence-electron chi connectivity index (χ3n) is 9.70. The Balaban J connectivity index is 1.34. The number of aromatic nitrogens is 4. The minimum absolute atomic E-state index is 0.0584. The lowest BCUT2D eigenvalue weighted by atomic mass is 9.93. The molecule has 2 aliphatic carbocycles. The number of rotatable bonds is 7. The molecule has 2 fully saturated rings. The molecule has 4 aromatic rings. The Labute approximate surface area is 263 Å². The zero-order valence-electron chi connectivity index (χ0n) is 26.5. The van der Waals surface area contributed by atoms with Crippen LogP contribution in [0, 0.1) is 11.3 Å². The Bertz CT molecular complexity index is 1850. The fourth-order valence-electron chi connectivity index (χ4n) is 6.03. The number of benzene rings is 1. The predicted octanol–water partition coefficient (Wildman–Crippen LogP) is 7.86. The number of imidazole rings is 1. The second kappa shape index (κ2) is 11.6. The van der Waals surface area contributed by atoms with Crippen molar-refractivity contribution in [2.24, 2.45) is 0 Å². The topological polar surface area (TPSA) is 137 Å². The first-order valence-electron chi connectivity index (χ1n) is 15.7. The van der Waals surface area contributed by atoms with Gasteiger partial charge in [-0.25, -0.2) is 24.5 Å². The highest BCUT2D eigenvalue weighted by atomic mass is 28.4. The van der Waals surface area contributed by atoms with Crippen molar-refractivity contribution in [2.75, 3.05) is 4.90 Å². The van der Waals surface area contributed by atoms with Crippen LogP contribution in [0.15, 0.2) is 53.5 Å². The van der Waals surface area contributed by atoms with Crippen LogP contribution >= 0.6 is 0 Å². The highest BCUT2D eigenvalue weighted by Crippen LogP contribution is 2.43. The summed E-state index contributed by atoms with van der Waals surface area (Å²) in [5.41, 5.74) is 4.16. The Morgan fingerprint density at radius 2 is 1.80 bits per heavy atom. The maximum atomic E-state index is 13.3. The predicted molar refractivity (Wildman–Crippen MR) is 176 cm³/mol. The van der Waals surface area contributed by atoms with Gasteiger partial charge in [0.2, 0.25) is 0 Å². The number of hydrogen-bond donors (Lipinski definition) is 2. The van der Waals surface area contributed by atoms with Gasteiger partial charge in [-0.05, 0) is 105 Å². The first-order chi connectivity index (χ1) is 21.3. The van der Waals surface area contributed by atoms with Crippen molar-refractivity contribution in [3.63, 3.8) is 0 Å². The van der Waals surface area contributed by atoms with E-state index < -0.39 is 14.4 Å². The molecule has 0 atom stereocenters. The van der Waals surface area contributed by atoms with Gasteiger partial charge in [0, 0.05) is 23.9 Å². The molecule has 10 nitrogen and oxygen atoms in total. The van der Waals surface area contributed by atoms with Crippen LogP contribution < -0.4 is 10.6 Å². The number of fused-ring (bicyclic) bond motifs is 1. The van der Waals surface area contributed by atoms with E-state index in [1.54, 1.807) is 6.07 Å². The molecule has 6 rings (SSSR count). The maximum absolute atomic E-state index is 13.3. The number of nitrogens with zero attached hydrogens (tertiary/aromatic N) is 5. The molecule has 3 heterocycles. The zero-order valence-corrected chi connectivity index (χ0v) is 27.5. The average molecular weight is 625 g/mol. The molecular formula is C34H40N6O4Si. The van der Waals surface area contributed by atoms with Gasteiger partial charge in [0.05, 0.1) is 28.4 Å². The zero-order chi connectivity index (χ0) is 32.1. The number of nitriles is 1. The number of pyridine rings is 2. The van der Waals surface area contributed by atoms with E-state index in [2.05, 4.69) is 43.8 Å². The highest BCUT2D eigenvalue weighted by molar-refractivity contribution is 6.74. The van der Waals surface area contributed by atoms with Crippen molar-refractivity contribution < 1.29 is 14.3 Å². The van der Waals surface area contributed by atoms with Gasteiger partial charge in [-0.3, -0.25) is 4.57 Å². The van der Waals surface area contributed by atoms with Crippen molar-refractivity contribution in [3.05, 3.63) is 70.3 Å². The number of carboxylic acid groups (broad SMARTS) is 1. The standard InChI is InChI=1S/C34H40N6O4Si/c1-34(2,3)45(4,5)44-26-11-9-25(10-12-26)39-29-18-23(8-13-27(29)38-32(39)41)28-17-24(22-6-7-22)19-31(37-28)40(33(42)43)30-16-21(20-35)14-15-36-30/h8,13-19,22,25-26H,6-7,9-12H2,1-5H3,(H,38,41)(H,42,43). The van der Waals surface area contributed by atoms with Crippen molar-refractivity contribution in [3.8, 4) is 17.3 Å². The second-order valence-electron chi connectivity index (χ2n) is 13.9. The SMILES string of the molecule is CC(C)(C)[Si](C)(C)OC1CCC(n2c(=O)[nH]c3ccc(-c4cc(C5CC5)cc(N(C(=O)O)c5cc(C#N)ccn5)n4)cc32)CC1. The van der Waals surface area contributed by atoms with Crippen molar-refractivity contribution in [1.29, 1.82) is 5.26 Å². The number of amides is 1. The monoisotopic (exact) mass is 624 g/mol. The van der Waals surface area contributed by atoms with E-state index in [4.69, 9.17) is 9.41 Å². The Hall–Kier alpha value is -4.27. The number of anilines is 2. The van der Waals surface area contributed by atoms with E-state index in [1.165, 1.54) is 18.3 Å². The van der Waals surface area contributed by atoms with Gasteiger partial charge in [-0.15, -0.1) is 0 Å². The molecule has 3 aromatic heterocycles. The van der Waals surface area contributed by atoms with Gasteiger partial charge in [0.1, 0.15) is 11.6 Å². The normalized spacial score (nSPS) is 18.9. The van der Waals surface area contributed by atoms with Crippen molar-refractivity contribution >= 4 is 37.1 Å². The first kappa shape index (κ1) is 30.7. The minimum atomic E-state index is -1.88. The van der Waals surface area contributed by atoms with Crippen LogP contribution in [0.4, 0.5) is 16.4 Å². The molecule has 2 aliphatic rings. The van der Waals surface area contributed by atoms with Gasteiger partial charge >= 0.3 is 11.8 Å². The summed E-state index contributed by atoms with van der Waals surface area (Å²) in [6, 6.07) is 14.7. The van der Waals surface area contributed by atoms with E-state index in [1.807, 2.05) is 34.9 Å². The van der Waals surface area contributed by atoms with Crippen LogP contribution in [0.2, 0.25) is 18.1 Å². The minimum Gasteiger partial charge on any atom is -0.464 e. The molecule has 0 radical (unpaired) electrons. The lowest BCUT2D eigenvalue weighted by Gasteiger charge is -2.41. The van der Waals surface area contributed by atoms with Crippen LogP contribution in [0.5, 0.6) is 0 Å². The number of carbonyl (C=O) groups is 1. The summed E-state index contributed by atoms with van der Waals surface area (Å²) in [5.74, 6) is 0.657. The van der Waals surface area contributed by atoms with Gasteiger partial charge < -0.3 is 14.5 Å². The van der Waals surface area contributed by atoms with Crippen LogP contribution in [0.25, 0.3) is 22.3 Å². The molecule has 0 spiro atoms. The van der Waals surface area contributed by atoms with E-state index in [-0.39, 0.29) is 34.5 Å². The largest absolute Gasteiger partial charge is 0.464 e.